The Morgan fingerprint density at radius 1 is 1.30 bits per heavy atom. The van der Waals surface area contributed by atoms with Gasteiger partial charge in [-0.05, 0) is 6.07 Å². The summed E-state index contributed by atoms with van der Waals surface area (Å²) in [5.41, 5.74) is 6.85. The second kappa shape index (κ2) is 5.51. The summed E-state index contributed by atoms with van der Waals surface area (Å²) in [6.45, 7) is -0.370. The third-order valence-electron chi connectivity index (χ3n) is 3.31. The van der Waals surface area contributed by atoms with E-state index in [1.54, 1.807) is 10.6 Å². The Labute approximate surface area is 120 Å². The maximum absolute atomic E-state index is 9.98. The Bertz CT molecular complexity index is 607. The minimum Gasteiger partial charge on any atom is -0.394 e. The molecule has 0 aromatic carbocycles. The molecular formula is C11H15ClN4O4. The van der Waals surface area contributed by atoms with Gasteiger partial charge in [-0.3, -0.25) is 0 Å². The van der Waals surface area contributed by atoms with Gasteiger partial charge in [0.15, 0.2) is 12.0 Å². The van der Waals surface area contributed by atoms with Crippen LogP contribution in [0.25, 0.3) is 11.0 Å². The lowest BCUT2D eigenvalue weighted by atomic mass is 10.1. The van der Waals surface area contributed by atoms with Gasteiger partial charge in [-0.25, -0.2) is 9.97 Å². The zero-order chi connectivity index (χ0) is 13.6. The molecule has 0 amide bonds. The maximum atomic E-state index is 9.98. The van der Waals surface area contributed by atoms with Crippen LogP contribution in [0.1, 0.15) is 6.23 Å². The zero-order valence-corrected chi connectivity index (χ0v) is 11.1. The smallest absolute Gasteiger partial charge is 0.164 e. The van der Waals surface area contributed by atoms with Crippen molar-refractivity contribution in [1.82, 2.24) is 14.5 Å². The molecule has 0 aliphatic carbocycles. The van der Waals surface area contributed by atoms with Gasteiger partial charge in [-0.1, -0.05) is 0 Å². The minimum atomic E-state index is -1.15. The van der Waals surface area contributed by atoms with Gasteiger partial charge in [0.1, 0.15) is 23.8 Å². The van der Waals surface area contributed by atoms with Crippen LogP contribution in [0.2, 0.25) is 0 Å². The van der Waals surface area contributed by atoms with Crippen molar-refractivity contribution < 1.29 is 20.1 Å². The number of imidazole rings is 1. The molecule has 110 valence electrons. The summed E-state index contributed by atoms with van der Waals surface area (Å²) < 4.78 is 7.01. The standard InChI is InChI=1S/C11H14N4O4.ClH/c12-10-7-5(1-2-13-10)15(4-14-7)11-9(18)8(17)6(3-16)19-11;/h1-2,4,6,8-9,11,16-18H,3H2,(H2,12,13);1H/t6-,8-,9-,11?;/m1./s1. The summed E-state index contributed by atoms with van der Waals surface area (Å²) in [5, 5.41) is 28.8. The lowest BCUT2D eigenvalue weighted by molar-refractivity contribution is -0.0508. The fourth-order valence-electron chi connectivity index (χ4n) is 2.29. The van der Waals surface area contributed by atoms with Crippen LogP contribution in [0.5, 0.6) is 0 Å². The predicted octanol–water partition coefficient (Wildman–Crippen LogP) is -0.953. The summed E-state index contributed by atoms with van der Waals surface area (Å²) in [5.74, 6) is 0.281. The molecule has 9 heteroatoms. The second-order valence-corrected chi connectivity index (χ2v) is 4.44. The number of aliphatic hydroxyl groups excluding tert-OH is 3. The molecule has 0 saturated carbocycles. The van der Waals surface area contributed by atoms with Crippen molar-refractivity contribution >= 4 is 29.3 Å². The third-order valence-corrected chi connectivity index (χ3v) is 3.31. The summed E-state index contributed by atoms with van der Waals surface area (Å²) in [4.78, 5) is 8.03. The highest BCUT2D eigenvalue weighted by atomic mass is 35.5. The number of anilines is 1. The topological polar surface area (TPSA) is 127 Å². The van der Waals surface area contributed by atoms with E-state index in [1.807, 2.05) is 0 Å². The van der Waals surface area contributed by atoms with Crippen molar-refractivity contribution in [1.29, 1.82) is 0 Å². The van der Waals surface area contributed by atoms with Gasteiger partial charge < -0.3 is 30.4 Å². The largest absolute Gasteiger partial charge is 0.394 e. The van der Waals surface area contributed by atoms with Crippen LogP contribution >= 0.6 is 12.4 Å². The highest BCUT2D eigenvalue weighted by Crippen LogP contribution is 2.32. The van der Waals surface area contributed by atoms with Crippen molar-refractivity contribution in [3.05, 3.63) is 18.6 Å². The lowest BCUT2D eigenvalue weighted by Crippen LogP contribution is -2.33. The van der Waals surface area contributed by atoms with Crippen molar-refractivity contribution in [3.63, 3.8) is 0 Å². The average Bonchev–Trinajstić information content (AvgIpc) is 2.94. The number of aromatic nitrogens is 3. The van der Waals surface area contributed by atoms with Crippen molar-refractivity contribution in [3.8, 4) is 0 Å². The normalized spacial score (nSPS) is 29.6. The van der Waals surface area contributed by atoms with Crippen LogP contribution < -0.4 is 5.73 Å². The number of nitrogens with zero attached hydrogens (tertiary/aromatic N) is 3. The Kier molecular flexibility index (Phi) is 4.11. The molecule has 3 heterocycles. The first kappa shape index (κ1) is 14.9. The third kappa shape index (κ3) is 2.11. The lowest BCUT2D eigenvalue weighted by Gasteiger charge is -2.16. The summed E-state index contributed by atoms with van der Waals surface area (Å²) in [7, 11) is 0. The van der Waals surface area contributed by atoms with E-state index in [2.05, 4.69) is 9.97 Å². The molecule has 0 spiro atoms. The molecule has 1 fully saturated rings. The zero-order valence-electron chi connectivity index (χ0n) is 10.3. The number of ether oxygens (including phenoxy) is 1. The van der Waals surface area contributed by atoms with Gasteiger partial charge in [0.25, 0.3) is 0 Å². The minimum absolute atomic E-state index is 0. The first-order chi connectivity index (χ1) is 9.13. The summed E-state index contributed by atoms with van der Waals surface area (Å²) in [6, 6.07) is 1.69. The van der Waals surface area contributed by atoms with E-state index in [0.29, 0.717) is 11.0 Å². The van der Waals surface area contributed by atoms with E-state index in [4.69, 9.17) is 15.6 Å². The predicted molar refractivity (Wildman–Crippen MR) is 72.2 cm³/mol. The highest BCUT2D eigenvalue weighted by molar-refractivity contribution is 5.85. The average molecular weight is 303 g/mol. The van der Waals surface area contributed by atoms with Crippen LogP contribution in [0.15, 0.2) is 18.6 Å². The quantitative estimate of drug-likeness (QED) is 0.563. The monoisotopic (exact) mass is 302 g/mol. The second-order valence-electron chi connectivity index (χ2n) is 4.44. The molecule has 5 N–H and O–H groups in total. The number of pyridine rings is 1. The van der Waals surface area contributed by atoms with Crippen molar-refractivity contribution in [2.24, 2.45) is 0 Å². The molecule has 1 aliphatic heterocycles. The molecule has 3 rings (SSSR count). The molecule has 1 saturated heterocycles. The molecule has 0 radical (unpaired) electrons. The Hall–Kier alpha value is -1.45. The van der Waals surface area contributed by atoms with Crippen LogP contribution in [0.4, 0.5) is 5.82 Å². The molecule has 1 unspecified atom stereocenters. The van der Waals surface area contributed by atoms with Gasteiger partial charge >= 0.3 is 0 Å². The van der Waals surface area contributed by atoms with Crippen molar-refractivity contribution in [2.75, 3.05) is 12.3 Å². The van der Waals surface area contributed by atoms with E-state index >= 15 is 0 Å². The SMILES string of the molecule is Cl.Nc1nccc2c1ncn2C1O[C@H](CO)[C@@H](O)[C@H]1O. The fraction of sp³-hybridized carbons (Fsp3) is 0.455. The van der Waals surface area contributed by atoms with Gasteiger partial charge in [0, 0.05) is 6.20 Å². The number of rotatable bonds is 2. The van der Waals surface area contributed by atoms with E-state index in [0.717, 1.165) is 0 Å². The fourth-order valence-corrected chi connectivity index (χ4v) is 2.29. The van der Waals surface area contributed by atoms with Crippen LogP contribution in [0, 0.1) is 0 Å². The van der Waals surface area contributed by atoms with E-state index < -0.39 is 24.5 Å². The summed E-state index contributed by atoms with van der Waals surface area (Å²) in [6.07, 6.45) is -0.952. The molecule has 8 nitrogen and oxygen atoms in total. The molecule has 1 aliphatic rings. The molecule has 2 aromatic heterocycles. The van der Waals surface area contributed by atoms with Gasteiger partial charge in [-0.2, -0.15) is 0 Å². The van der Waals surface area contributed by atoms with E-state index in [1.165, 1.54) is 12.5 Å². The highest BCUT2D eigenvalue weighted by Gasteiger charge is 2.43. The van der Waals surface area contributed by atoms with E-state index in [9.17, 15) is 10.2 Å². The van der Waals surface area contributed by atoms with Crippen molar-refractivity contribution in [2.45, 2.75) is 24.5 Å². The van der Waals surface area contributed by atoms with Gasteiger partial charge in [0.05, 0.1) is 18.5 Å². The number of hydrogen-bond donors (Lipinski definition) is 4. The molecule has 20 heavy (non-hydrogen) atoms. The van der Waals surface area contributed by atoms with Gasteiger partial charge in [0.2, 0.25) is 0 Å². The number of nitrogens with two attached hydrogens (primary N) is 1. The first-order valence-electron chi connectivity index (χ1n) is 5.83. The number of fused-ring (bicyclic) bond motifs is 1. The number of aliphatic hydroxyl groups is 3. The number of halogens is 1. The molecular weight excluding hydrogens is 288 g/mol. The summed E-state index contributed by atoms with van der Waals surface area (Å²) >= 11 is 0. The Balaban J connectivity index is 0.00000147. The van der Waals surface area contributed by atoms with Crippen LogP contribution in [-0.4, -0.2) is 54.8 Å². The number of nitrogen functional groups attached to an aromatic ring is 1. The van der Waals surface area contributed by atoms with Gasteiger partial charge in [-0.15, -0.1) is 12.4 Å². The molecule has 0 bridgehead atoms. The Morgan fingerprint density at radius 2 is 2.05 bits per heavy atom. The molecule has 4 atom stereocenters. The maximum Gasteiger partial charge on any atom is 0.164 e. The van der Waals surface area contributed by atoms with E-state index in [-0.39, 0.29) is 24.8 Å². The van der Waals surface area contributed by atoms with Crippen LogP contribution in [0.3, 0.4) is 0 Å². The first-order valence-corrected chi connectivity index (χ1v) is 5.83. The number of hydrogen-bond acceptors (Lipinski definition) is 7. The Morgan fingerprint density at radius 3 is 2.70 bits per heavy atom. The van der Waals surface area contributed by atoms with Crippen LogP contribution in [-0.2, 0) is 4.74 Å². The molecule has 2 aromatic rings.